The van der Waals surface area contributed by atoms with Crippen LogP contribution in [0.3, 0.4) is 0 Å². The van der Waals surface area contributed by atoms with E-state index in [0.717, 1.165) is 44.8 Å². The van der Waals surface area contributed by atoms with E-state index in [4.69, 9.17) is 4.74 Å². The minimum absolute atomic E-state index is 0.0333. The lowest BCUT2D eigenvalue weighted by atomic mass is 10.1. The summed E-state index contributed by atoms with van der Waals surface area (Å²) in [4.78, 5) is 14.6. The average Bonchev–Trinajstić information content (AvgIpc) is 3.16. The summed E-state index contributed by atoms with van der Waals surface area (Å²) in [7, 11) is 0. The number of ether oxygens (including phenoxy) is 1. The van der Waals surface area contributed by atoms with Crippen molar-refractivity contribution in [3.05, 3.63) is 47.3 Å². The minimum atomic E-state index is -0.172. The van der Waals surface area contributed by atoms with Crippen molar-refractivity contribution < 1.29 is 9.53 Å². The van der Waals surface area contributed by atoms with Gasteiger partial charge < -0.3 is 10.1 Å². The molecule has 3 rings (SSSR count). The molecule has 0 spiro atoms. The molecule has 0 saturated carbocycles. The molecule has 7 nitrogen and oxygen atoms in total. The second-order valence-corrected chi connectivity index (χ2v) is 6.73. The first kappa shape index (κ1) is 18.5. The molecule has 1 saturated heterocycles. The summed E-state index contributed by atoms with van der Waals surface area (Å²) in [6, 6.07) is 8.33. The van der Waals surface area contributed by atoms with Gasteiger partial charge in [-0.2, -0.15) is 0 Å². The highest BCUT2D eigenvalue weighted by Crippen LogP contribution is 2.17. The molecule has 2 aromatic rings. The van der Waals surface area contributed by atoms with Gasteiger partial charge in [0.2, 0.25) is 0 Å². The molecule has 7 heteroatoms. The van der Waals surface area contributed by atoms with Gasteiger partial charge in [0.25, 0.3) is 5.91 Å². The highest BCUT2D eigenvalue weighted by Gasteiger charge is 2.15. The number of carbonyl (C=O) groups is 1. The van der Waals surface area contributed by atoms with Gasteiger partial charge in [0.15, 0.2) is 5.69 Å². The van der Waals surface area contributed by atoms with Crippen LogP contribution < -0.4 is 5.32 Å². The lowest BCUT2D eigenvalue weighted by Gasteiger charge is -2.26. The number of aromatic nitrogens is 3. The van der Waals surface area contributed by atoms with E-state index in [1.165, 1.54) is 5.56 Å². The van der Waals surface area contributed by atoms with Crippen LogP contribution in [0.5, 0.6) is 0 Å². The van der Waals surface area contributed by atoms with Crippen molar-refractivity contribution in [1.82, 2.24) is 25.2 Å². The van der Waals surface area contributed by atoms with E-state index >= 15 is 0 Å². The summed E-state index contributed by atoms with van der Waals surface area (Å²) in [5.74, 6) is -0.172. The molecule has 1 fully saturated rings. The molecule has 1 aromatic heterocycles. The molecule has 1 unspecified atom stereocenters. The Morgan fingerprint density at radius 2 is 2.00 bits per heavy atom. The van der Waals surface area contributed by atoms with Gasteiger partial charge in [0.05, 0.1) is 25.5 Å². The molecule has 1 aliphatic heterocycles. The summed E-state index contributed by atoms with van der Waals surface area (Å²) in [5.41, 5.74) is 2.71. The molecule has 26 heavy (non-hydrogen) atoms. The Morgan fingerprint density at radius 1 is 1.27 bits per heavy atom. The lowest BCUT2D eigenvalue weighted by Crippen LogP contribution is -2.38. The number of benzene rings is 1. The van der Waals surface area contributed by atoms with Gasteiger partial charge >= 0.3 is 0 Å². The average molecular weight is 357 g/mol. The Morgan fingerprint density at radius 3 is 2.73 bits per heavy atom. The number of rotatable bonds is 7. The second-order valence-electron chi connectivity index (χ2n) is 6.73. The first-order valence-corrected chi connectivity index (χ1v) is 9.20. The number of hydrogen-bond acceptors (Lipinski definition) is 5. The van der Waals surface area contributed by atoms with E-state index in [9.17, 15) is 4.79 Å². The van der Waals surface area contributed by atoms with Crippen molar-refractivity contribution in [2.45, 2.75) is 26.3 Å². The van der Waals surface area contributed by atoms with Gasteiger partial charge in [0, 0.05) is 19.6 Å². The molecule has 0 bridgehead atoms. The maximum absolute atomic E-state index is 12.3. The van der Waals surface area contributed by atoms with E-state index < -0.39 is 0 Å². The number of amides is 1. The lowest BCUT2D eigenvalue weighted by molar-refractivity contribution is 0.0374. The molecule has 1 N–H and O–H groups in total. The summed E-state index contributed by atoms with van der Waals surface area (Å²) in [5, 5.41) is 11.1. The highest BCUT2D eigenvalue weighted by atomic mass is 16.5. The number of hydrogen-bond donors (Lipinski definition) is 1. The number of nitrogens with one attached hydrogen (secondary N) is 1. The van der Waals surface area contributed by atoms with Crippen molar-refractivity contribution in [3.63, 3.8) is 0 Å². The third kappa shape index (κ3) is 4.89. The van der Waals surface area contributed by atoms with E-state index in [1.807, 2.05) is 6.92 Å². The fraction of sp³-hybridized carbons (Fsp3) is 0.526. The van der Waals surface area contributed by atoms with Crippen LogP contribution in [0.1, 0.15) is 41.0 Å². The smallest absolute Gasteiger partial charge is 0.273 e. The normalized spacial score (nSPS) is 16.4. The molecule has 1 aliphatic rings. The quantitative estimate of drug-likeness (QED) is 0.763. The van der Waals surface area contributed by atoms with Crippen molar-refractivity contribution in [2.24, 2.45) is 0 Å². The van der Waals surface area contributed by atoms with Gasteiger partial charge in [-0.05, 0) is 32.4 Å². The minimum Gasteiger partial charge on any atom is -0.379 e. The molecule has 1 atom stereocenters. The zero-order valence-electron chi connectivity index (χ0n) is 15.5. The number of nitrogens with zero attached hydrogens (tertiary/aromatic N) is 4. The predicted octanol–water partition coefficient (Wildman–Crippen LogP) is 1.65. The fourth-order valence-electron chi connectivity index (χ4n) is 2.99. The van der Waals surface area contributed by atoms with Crippen molar-refractivity contribution in [3.8, 4) is 0 Å². The van der Waals surface area contributed by atoms with E-state index in [0.29, 0.717) is 12.2 Å². The summed E-state index contributed by atoms with van der Waals surface area (Å²) in [6.45, 7) is 9.26. The molecule has 1 amide bonds. The van der Waals surface area contributed by atoms with E-state index in [1.54, 1.807) is 10.9 Å². The Labute approximate surface area is 154 Å². The zero-order valence-corrected chi connectivity index (χ0v) is 15.5. The molecule has 140 valence electrons. The van der Waals surface area contributed by atoms with Crippen molar-refractivity contribution in [2.75, 3.05) is 39.4 Å². The Balaban J connectivity index is 1.47. The van der Waals surface area contributed by atoms with E-state index in [2.05, 4.69) is 51.7 Å². The first-order chi connectivity index (χ1) is 12.6. The predicted molar refractivity (Wildman–Crippen MR) is 99.2 cm³/mol. The zero-order chi connectivity index (χ0) is 18.4. The SMILES string of the molecule is Cc1ccc(C(C)n2cc(C(=O)NCCCN3CCOCC3)nn2)cc1. The third-order valence-corrected chi connectivity index (χ3v) is 4.74. The van der Waals surface area contributed by atoms with Crippen LogP contribution in [0.15, 0.2) is 30.5 Å². The van der Waals surface area contributed by atoms with E-state index in [-0.39, 0.29) is 11.9 Å². The van der Waals surface area contributed by atoms with Crippen LogP contribution in [-0.2, 0) is 4.74 Å². The van der Waals surface area contributed by atoms with Crippen LogP contribution in [0.2, 0.25) is 0 Å². The van der Waals surface area contributed by atoms with Crippen LogP contribution in [0.4, 0.5) is 0 Å². The maximum atomic E-state index is 12.3. The van der Waals surface area contributed by atoms with Crippen molar-refractivity contribution >= 4 is 5.91 Å². The van der Waals surface area contributed by atoms with Gasteiger partial charge in [0.1, 0.15) is 0 Å². The van der Waals surface area contributed by atoms with Crippen LogP contribution >= 0.6 is 0 Å². The summed E-state index contributed by atoms with van der Waals surface area (Å²) < 4.78 is 7.06. The van der Waals surface area contributed by atoms with Crippen LogP contribution in [-0.4, -0.2) is 65.2 Å². The summed E-state index contributed by atoms with van der Waals surface area (Å²) in [6.07, 6.45) is 2.63. The molecule has 1 aromatic carbocycles. The Kier molecular flexibility index (Phi) is 6.35. The van der Waals surface area contributed by atoms with Crippen LogP contribution in [0.25, 0.3) is 0 Å². The second kappa shape index (κ2) is 8.91. The Bertz CT molecular complexity index is 707. The molecule has 0 aliphatic carbocycles. The maximum Gasteiger partial charge on any atom is 0.273 e. The topological polar surface area (TPSA) is 72.3 Å². The Hall–Kier alpha value is -2.25. The van der Waals surface area contributed by atoms with Gasteiger partial charge in [-0.25, -0.2) is 4.68 Å². The number of aryl methyl sites for hydroxylation is 1. The van der Waals surface area contributed by atoms with Crippen LogP contribution in [0, 0.1) is 6.92 Å². The molecule has 2 heterocycles. The largest absolute Gasteiger partial charge is 0.379 e. The molecular formula is C19H27N5O2. The first-order valence-electron chi connectivity index (χ1n) is 9.20. The standard InChI is InChI=1S/C19H27N5O2/c1-15-4-6-17(7-5-15)16(2)24-14-18(21-22-24)19(25)20-8-3-9-23-10-12-26-13-11-23/h4-7,14,16H,3,8-13H2,1-2H3,(H,20,25). The highest BCUT2D eigenvalue weighted by molar-refractivity contribution is 5.91. The fourth-order valence-corrected chi connectivity index (χ4v) is 2.99. The van der Waals surface area contributed by atoms with Gasteiger partial charge in [-0.3, -0.25) is 9.69 Å². The van der Waals surface area contributed by atoms with Crippen molar-refractivity contribution in [1.29, 1.82) is 0 Å². The monoisotopic (exact) mass is 357 g/mol. The van der Waals surface area contributed by atoms with Gasteiger partial charge in [-0.15, -0.1) is 5.10 Å². The summed E-state index contributed by atoms with van der Waals surface area (Å²) >= 11 is 0. The van der Waals surface area contributed by atoms with Gasteiger partial charge in [-0.1, -0.05) is 35.0 Å². The number of morpholine rings is 1. The number of carbonyl (C=O) groups excluding carboxylic acids is 1. The molecule has 0 radical (unpaired) electrons. The molecular weight excluding hydrogens is 330 g/mol. The third-order valence-electron chi connectivity index (χ3n) is 4.74.